The highest BCUT2D eigenvalue weighted by atomic mass is 16.1. The fourth-order valence-corrected chi connectivity index (χ4v) is 3.65. The van der Waals surface area contributed by atoms with Crippen LogP contribution in [0.15, 0.2) is 53.6 Å². The Balaban J connectivity index is 1.57. The second-order valence-corrected chi connectivity index (χ2v) is 8.50. The van der Waals surface area contributed by atoms with E-state index >= 15 is 0 Å². The Hall–Kier alpha value is -3.09. The number of nitrogens with zero attached hydrogens (tertiary/aromatic N) is 6. The standard InChI is InChI=1S/C22H26N6O/c1-22(2,3)19-9-10-20(25-24-19)27-13-5-7-17(27)15-28-21(29)11-8-18(26-28)16-6-4-12-23-14-16/h4,6,8-12,14,17H,5,7,13,15H2,1-3H3. The minimum atomic E-state index is -0.0985. The average molecular weight is 390 g/mol. The Bertz CT molecular complexity index is 1020. The predicted molar refractivity (Wildman–Crippen MR) is 113 cm³/mol. The van der Waals surface area contributed by atoms with Crippen molar-refractivity contribution in [3.8, 4) is 11.3 Å². The minimum Gasteiger partial charge on any atom is -0.350 e. The summed E-state index contributed by atoms with van der Waals surface area (Å²) in [6, 6.07) is 11.4. The monoisotopic (exact) mass is 390 g/mol. The van der Waals surface area contributed by atoms with Crippen molar-refractivity contribution in [1.29, 1.82) is 0 Å². The number of rotatable bonds is 4. The Morgan fingerprint density at radius 3 is 2.66 bits per heavy atom. The molecule has 3 aromatic rings. The molecule has 7 heteroatoms. The van der Waals surface area contributed by atoms with E-state index in [9.17, 15) is 4.79 Å². The molecule has 0 radical (unpaired) electrons. The van der Waals surface area contributed by atoms with Crippen LogP contribution in [-0.4, -0.2) is 37.5 Å². The summed E-state index contributed by atoms with van der Waals surface area (Å²) in [5.74, 6) is 0.858. The van der Waals surface area contributed by atoms with Gasteiger partial charge in [0.1, 0.15) is 0 Å². The highest BCUT2D eigenvalue weighted by Gasteiger charge is 2.27. The lowest BCUT2D eigenvalue weighted by atomic mass is 9.92. The van der Waals surface area contributed by atoms with Crippen LogP contribution in [0.4, 0.5) is 5.82 Å². The van der Waals surface area contributed by atoms with Gasteiger partial charge in [-0.05, 0) is 43.2 Å². The Morgan fingerprint density at radius 1 is 1.10 bits per heavy atom. The molecule has 0 N–H and O–H groups in total. The number of hydrogen-bond donors (Lipinski definition) is 0. The zero-order chi connectivity index (χ0) is 20.4. The lowest BCUT2D eigenvalue weighted by Crippen LogP contribution is -2.37. The predicted octanol–water partition coefficient (Wildman–Crippen LogP) is 3.06. The van der Waals surface area contributed by atoms with E-state index < -0.39 is 0 Å². The van der Waals surface area contributed by atoms with E-state index in [1.807, 2.05) is 24.3 Å². The van der Waals surface area contributed by atoms with E-state index in [0.717, 1.165) is 42.2 Å². The third kappa shape index (κ3) is 4.18. The van der Waals surface area contributed by atoms with E-state index in [0.29, 0.717) is 6.54 Å². The van der Waals surface area contributed by atoms with Crippen molar-refractivity contribution < 1.29 is 0 Å². The molecule has 1 atom stereocenters. The topological polar surface area (TPSA) is 76.8 Å². The molecule has 1 aliphatic heterocycles. The molecule has 0 bridgehead atoms. The maximum absolute atomic E-state index is 12.4. The van der Waals surface area contributed by atoms with Crippen LogP contribution < -0.4 is 10.5 Å². The van der Waals surface area contributed by atoms with Gasteiger partial charge in [-0.15, -0.1) is 5.10 Å². The van der Waals surface area contributed by atoms with Crippen molar-refractivity contribution in [3.05, 3.63) is 64.8 Å². The van der Waals surface area contributed by atoms with E-state index in [1.54, 1.807) is 29.2 Å². The summed E-state index contributed by atoms with van der Waals surface area (Å²) in [6.45, 7) is 7.81. The van der Waals surface area contributed by atoms with Crippen molar-refractivity contribution in [2.75, 3.05) is 11.4 Å². The van der Waals surface area contributed by atoms with E-state index in [1.165, 1.54) is 0 Å². The molecule has 0 aromatic carbocycles. The number of anilines is 1. The van der Waals surface area contributed by atoms with Gasteiger partial charge in [-0.3, -0.25) is 9.78 Å². The zero-order valence-electron chi connectivity index (χ0n) is 17.1. The number of hydrogen-bond acceptors (Lipinski definition) is 6. The summed E-state index contributed by atoms with van der Waals surface area (Å²) >= 11 is 0. The SMILES string of the molecule is CC(C)(C)c1ccc(N2CCCC2Cn2nc(-c3cccnc3)ccc2=O)nn1. The van der Waals surface area contributed by atoms with Crippen LogP contribution in [0.25, 0.3) is 11.3 Å². The van der Waals surface area contributed by atoms with Gasteiger partial charge in [0.25, 0.3) is 5.56 Å². The second kappa shape index (κ2) is 7.73. The molecule has 7 nitrogen and oxygen atoms in total. The molecule has 0 spiro atoms. The van der Waals surface area contributed by atoms with E-state index in [-0.39, 0.29) is 17.0 Å². The third-order valence-corrected chi connectivity index (χ3v) is 5.30. The first-order valence-electron chi connectivity index (χ1n) is 10.0. The fourth-order valence-electron chi connectivity index (χ4n) is 3.65. The van der Waals surface area contributed by atoms with E-state index in [2.05, 4.69) is 46.0 Å². The smallest absolute Gasteiger partial charge is 0.266 e. The maximum Gasteiger partial charge on any atom is 0.266 e. The molecule has 4 rings (SSSR count). The lowest BCUT2D eigenvalue weighted by Gasteiger charge is -2.26. The van der Waals surface area contributed by atoms with Crippen molar-refractivity contribution in [2.45, 2.75) is 51.6 Å². The Kier molecular flexibility index (Phi) is 5.13. The van der Waals surface area contributed by atoms with Gasteiger partial charge in [-0.2, -0.15) is 10.2 Å². The minimum absolute atomic E-state index is 0.0279. The van der Waals surface area contributed by atoms with Crippen LogP contribution in [0.2, 0.25) is 0 Å². The molecule has 150 valence electrons. The van der Waals surface area contributed by atoms with Crippen LogP contribution in [0.1, 0.15) is 39.3 Å². The van der Waals surface area contributed by atoms with Crippen LogP contribution in [0.3, 0.4) is 0 Å². The van der Waals surface area contributed by atoms with Gasteiger partial charge in [-0.1, -0.05) is 20.8 Å². The number of aromatic nitrogens is 5. The summed E-state index contributed by atoms with van der Waals surface area (Å²) < 4.78 is 1.56. The Morgan fingerprint density at radius 2 is 1.97 bits per heavy atom. The molecule has 1 unspecified atom stereocenters. The molecule has 1 saturated heterocycles. The van der Waals surface area contributed by atoms with Crippen molar-refractivity contribution in [2.24, 2.45) is 0 Å². The molecule has 1 fully saturated rings. The van der Waals surface area contributed by atoms with Gasteiger partial charge in [0.15, 0.2) is 5.82 Å². The van der Waals surface area contributed by atoms with Gasteiger partial charge < -0.3 is 4.90 Å². The van der Waals surface area contributed by atoms with Crippen molar-refractivity contribution in [1.82, 2.24) is 25.0 Å². The largest absolute Gasteiger partial charge is 0.350 e. The van der Waals surface area contributed by atoms with Gasteiger partial charge in [0, 0.05) is 36.0 Å². The van der Waals surface area contributed by atoms with E-state index in [4.69, 9.17) is 0 Å². The summed E-state index contributed by atoms with van der Waals surface area (Å²) in [5, 5.41) is 13.5. The van der Waals surface area contributed by atoms with Gasteiger partial charge in [0.2, 0.25) is 0 Å². The first kappa shape index (κ1) is 19.2. The van der Waals surface area contributed by atoms with Crippen LogP contribution >= 0.6 is 0 Å². The molecule has 3 aromatic heterocycles. The number of pyridine rings is 1. The van der Waals surface area contributed by atoms with Crippen LogP contribution in [0, 0.1) is 0 Å². The summed E-state index contributed by atoms with van der Waals surface area (Å²) in [5.41, 5.74) is 2.49. The van der Waals surface area contributed by atoms with Crippen LogP contribution in [0.5, 0.6) is 0 Å². The Labute approximate surface area is 170 Å². The lowest BCUT2D eigenvalue weighted by molar-refractivity contribution is 0.487. The van der Waals surface area contributed by atoms with Crippen LogP contribution in [-0.2, 0) is 12.0 Å². The molecule has 1 aliphatic rings. The summed E-state index contributed by atoms with van der Waals surface area (Å²) in [6.07, 6.45) is 5.53. The summed E-state index contributed by atoms with van der Waals surface area (Å²) in [7, 11) is 0. The normalized spacial score (nSPS) is 16.9. The van der Waals surface area contributed by atoms with Crippen molar-refractivity contribution >= 4 is 5.82 Å². The van der Waals surface area contributed by atoms with Crippen molar-refractivity contribution in [3.63, 3.8) is 0 Å². The second-order valence-electron chi connectivity index (χ2n) is 8.50. The average Bonchev–Trinajstić information content (AvgIpc) is 3.18. The molecule has 29 heavy (non-hydrogen) atoms. The maximum atomic E-state index is 12.4. The van der Waals surface area contributed by atoms with Gasteiger partial charge in [0.05, 0.1) is 24.0 Å². The summed E-state index contributed by atoms with van der Waals surface area (Å²) in [4.78, 5) is 18.8. The molecule has 0 saturated carbocycles. The molecular formula is C22H26N6O. The zero-order valence-corrected chi connectivity index (χ0v) is 17.1. The third-order valence-electron chi connectivity index (χ3n) is 5.30. The molecule has 4 heterocycles. The van der Waals surface area contributed by atoms with Gasteiger partial charge >= 0.3 is 0 Å². The van der Waals surface area contributed by atoms with Gasteiger partial charge in [-0.25, -0.2) is 4.68 Å². The molecular weight excluding hydrogens is 364 g/mol. The first-order chi connectivity index (χ1) is 13.9. The first-order valence-corrected chi connectivity index (χ1v) is 10.0. The fraction of sp³-hybridized carbons (Fsp3) is 0.409. The molecule has 0 aliphatic carbocycles. The molecule has 0 amide bonds. The highest BCUT2D eigenvalue weighted by molar-refractivity contribution is 5.56. The highest BCUT2D eigenvalue weighted by Crippen LogP contribution is 2.26. The quantitative estimate of drug-likeness (QED) is 0.681.